The predicted octanol–water partition coefficient (Wildman–Crippen LogP) is 8.46. The van der Waals surface area contributed by atoms with Gasteiger partial charge in [-0.1, -0.05) is 77.4 Å². The normalized spacial score (nSPS) is 16.2. The molecule has 198 valence electrons. The van der Waals surface area contributed by atoms with Crippen molar-refractivity contribution in [2.75, 3.05) is 4.90 Å². The molecule has 0 bridgehead atoms. The molecule has 3 aromatic rings. The Hall–Kier alpha value is -3.46. The van der Waals surface area contributed by atoms with Crippen LogP contribution < -0.4 is 16.4 Å². The van der Waals surface area contributed by atoms with E-state index in [2.05, 4.69) is 113 Å². The summed E-state index contributed by atoms with van der Waals surface area (Å²) in [5.74, 6) is 0. The summed E-state index contributed by atoms with van der Waals surface area (Å²) in [4.78, 5) is 2.38. The molecule has 0 radical (unpaired) electrons. The highest BCUT2D eigenvalue weighted by molar-refractivity contribution is 5.77. The van der Waals surface area contributed by atoms with E-state index in [1.54, 1.807) is 0 Å². The Morgan fingerprint density at radius 1 is 0.579 bits per heavy atom. The minimum Gasteiger partial charge on any atom is -0.400 e. The van der Waals surface area contributed by atoms with Crippen molar-refractivity contribution >= 4 is 17.1 Å². The fraction of sp³-hybridized carbons (Fsp3) is 0.371. The Kier molecular flexibility index (Phi) is 6.67. The molecule has 3 aromatic carbocycles. The van der Waals surface area contributed by atoms with Crippen LogP contribution in [0.5, 0.6) is 0 Å². The smallest absolute Gasteiger partial charge is 0.0540 e. The third-order valence-corrected chi connectivity index (χ3v) is 8.29. The largest absolute Gasteiger partial charge is 0.400 e. The molecule has 0 atom stereocenters. The summed E-state index contributed by atoms with van der Waals surface area (Å²) in [7, 11) is 0. The van der Waals surface area contributed by atoms with Gasteiger partial charge in [-0.25, -0.2) is 0 Å². The number of benzene rings is 3. The Morgan fingerprint density at radius 3 is 1.61 bits per heavy atom. The Balaban J connectivity index is 1.59. The van der Waals surface area contributed by atoms with Gasteiger partial charge in [-0.05, 0) is 107 Å². The lowest BCUT2D eigenvalue weighted by Crippen LogP contribution is -2.18. The number of nitrogens with zero attached hydrogens (tertiary/aromatic N) is 1. The lowest BCUT2D eigenvalue weighted by Gasteiger charge is -2.29. The third-order valence-electron chi connectivity index (χ3n) is 8.29. The first-order valence-corrected chi connectivity index (χ1v) is 14.0. The SMILES string of the molecule is CC(C)(C)c1ccc(N(c2ccc(C(C)(C)C)cc2)c2ccc3c(c2)CC2=C(CCC(N)=C2N)CC3)cc1. The topological polar surface area (TPSA) is 55.3 Å². The maximum Gasteiger partial charge on any atom is 0.0540 e. The summed E-state index contributed by atoms with van der Waals surface area (Å²) >= 11 is 0. The van der Waals surface area contributed by atoms with Crippen molar-refractivity contribution in [3.05, 3.63) is 112 Å². The van der Waals surface area contributed by atoms with Crippen molar-refractivity contribution in [3.63, 3.8) is 0 Å². The van der Waals surface area contributed by atoms with E-state index in [4.69, 9.17) is 11.5 Å². The number of allylic oxidation sites excluding steroid dienone is 3. The molecule has 2 aliphatic rings. The molecule has 0 unspecified atom stereocenters. The van der Waals surface area contributed by atoms with Crippen LogP contribution in [0, 0.1) is 0 Å². The molecule has 0 spiro atoms. The van der Waals surface area contributed by atoms with Crippen molar-refractivity contribution in [1.82, 2.24) is 0 Å². The van der Waals surface area contributed by atoms with Gasteiger partial charge in [0.1, 0.15) is 0 Å². The molecular formula is C35H43N3. The fourth-order valence-corrected chi connectivity index (χ4v) is 5.76. The standard InChI is InChI=1S/C35H43N3/c1-34(2,3)26-11-16-28(17-12-26)38(29-18-13-27(14-19-29)35(4,5)6)30-15-9-23-7-8-24-10-20-32(36)33(37)31(24)22-25(23)21-30/h9,11-19,21H,7-8,10,20,22,36-37H2,1-6H3. The number of nitrogens with two attached hydrogens (primary N) is 2. The summed E-state index contributed by atoms with van der Waals surface area (Å²) in [6, 6.07) is 25.1. The van der Waals surface area contributed by atoms with Gasteiger partial charge in [-0.15, -0.1) is 0 Å². The van der Waals surface area contributed by atoms with Gasteiger partial charge in [0.2, 0.25) is 0 Å². The van der Waals surface area contributed by atoms with Gasteiger partial charge < -0.3 is 16.4 Å². The average Bonchev–Trinajstić information content (AvgIpc) is 3.06. The molecule has 0 saturated carbocycles. The summed E-state index contributed by atoms with van der Waals surface area (Å²) in [6.07, 6.45) is 4.90. The van der Waals surface area contributed by atoms with Crippen molar-refractivity contribution in [2.45, 2.75) is 84.5 Å². The molecule has 0 saturated heterocycles. The monoisotopic (exact) mass is 505 g/mol. The minimum absolute atomic E-state index is 0.114. The zero-order valence-corrected chi connectivity index (χ0v) is 24.0. The van der Waals surface area contributed by atoms with Gasteiger partial charge in [0.05, 0.1) is 5.70 Å². The second kappa shape index (κ2) is 9.69. The molecule has 0 amide bonds. The van der Waals surface area contributed by atoms with Gasteiger partial charge in [0.25, 0.3) is 0 Å². The number of anilines is 3. The van der Waals surface area contributed by atoms with E-state index in [1.807, 2.05) is 0 Å². The number of aryl methyl sites for hydroxylation is 1. The first-order valence-electron chi connectivity index (χ1n) is 14.0. The van der Waals surface area contributed by atoms with Crippen LogP contribution in [0.15, 0.2) is 89.3 Å². The predicted molar refractivity (Wildman–Crippen MR) is 162 cm³/mol. The molecule has 0 fully saturated rings. The van der Waals surface area contributed by atoms with Gasteiger partial charge in [0.15, 0.2) is 0 Å². The highest BCUT2D eigenvalue weighted by Gasteiger charge is 2.24. The number of hydrogen-bond donors (Lipinski definition) is 2. The van der Waals surface area contributed by atoms with Crippen molar-refractivity contribution < 1.29 is 0 Å². The van der Waals surface area contributed by atoms with Crippen molar-refractivity contribution in [1.29, 1.82) is 0 Å². The number of fused-ring (bicyclic) bond motifs is 1. The minimum atomic E-state index is 0.114. The zero-order valence-electron chi connectivity index (χ0n) is 24.0. The quantitative estimate of drug-likeness (QED) is 0.375. The molecule has 4 N–H and O–H groups in total. The zero-order chi connectivity index (χ0) is 27.2. The van der Waals surface area contributed by atoms with Crippen LogP contribution in [-0.2, 0) is 23.7 Å². The van der Waals surface area contributed by atoms with E-state index >= 15 is 0 Å². The van der Waals surface area contributed by atoms with E-state index in [1.165, 1.54) is 39.1 Å². The van der Waals surface area contributed by atoms with Gasteiger partial charge in [-0.2, -0.15) is 0 Å². The van der Waals surface area contributed by atoms with Crippen LogP contribution in [0.4, 0.5) is 17.1 Å². The van der Waals surface area contributed by atoms with Crippen LogP contribution in [-0.4, -0.2) is 0 Å². The van der Waals surface area contributed by atoms with Crippen LogP contribution in [0.1, 0.15) is 83.1 Å². The molecule has 0 heterocycles. The molecule has 5 rings (SSSR count). The molecule has 38 heavy (non-hydrogen) atoms. The van der Waals surface area contributed by atoms with Crippen molar-refractivity contribution in [3.8, 4) is 0 Å². The Morgan fingerprint density at radius 2 is 1.08 bits per heavy atom. The maximum atomic E-state index is 6.52. The third kappa shape index (κ3) is 5.12. The van der Waals surface area contributed by atoms with Gasteiger partial charge >= 0.3 is 0 Å². The van der Waals surface area contributed by atoms with Gasteiger partial charge in [-0.3, -0.25) is 0 Å². The number of hydrogen-bond acceptors (Lipinski definition) is 3. The van der Waals surface area contributed by atoms with Gasteiger partial charge in [0, 0.05) is 22.8 Å². The van der Waals surface area contributed by atoms with E-state index < -0.39 is 0 Å². The molecule has 3 heteroatoms. The molecule has 2 aliphatic carbocycles. The van der Waals surface area contributed by atoms with E-state index in [9.17, 15) is 0 Å². The second-order valence-electron chi connectivity index (χ2n) is 13.1. The average molecular weight is 506 g/mol. The molecule has 3 nitrogen and oxygen atoms in total. The van der Waals surface area contributed by atoms with Crippen LogP contribution in [0.2, 0.25) is 0 Å². The molecule has 0 aromatic heterocycles. The Labute approximate surface area is 229 Å². The van der Waals surface area contributed by atoms with Crippen LogP contribution >= 0.6 is 0 Å². The van der Waals surface area contributed by atoms with Crippen molar-refractivity contribution in [2.24, 2.45) is 11.5 Å². The molecule has 0 aliphatic heterocycles. The summed E-state index contributed by atoms with van der Waals surface area (Å²) in [6.45, 7) is 13.6. The fourth-order valence-electron chi connectivity index (χ4n) is 5.76. The summed E-state index contributed by atoms with van der Waals surface area (Å²) in [5.41, 5.74) is 26.4. The Bertz CT molecular complexity index is 1330. The maximum absolute atomic E-state index is 6.52. The van der Waals surface area contributed by atoms with E-state index in [0.717, 1.165) is 54.9 Å². The second-order valence-corrected chi connectivity index (χ2v) is 13.1. The highest BCUT2D eigenvalue weighted by Crippen LogP contribution is 2.40. The lowest BCUT2D eigenvalue weighted by molar-refractivity contribution is 0.590. The van der Waals surface area contributed by atoms with Crippen LogP contribution in [0.25, 0.3) is 0 Å². The highest BCUT2D eigenvalue weighted by atomic mass is 15.1. The summed E-state index contributed by atoms with van der Waals surface area (Å²) < 4.78 is 0. The lowest BCUT2D eigenvalue weighted by atomic mass is 9.86. The molecular weight excluding hydrogens is 462 g/mol. The van der Waals surface area contributed by atoms with E-state index in [0.29, 0.717) is 0 Å². The van der Waals surface area contributed by atoms with Crippen LogP contribution in [0.3, 0.4) is 0 Å². The van der Waals surface area contributed by atoms with E-state index in [-0.39, 0.29) is 10.8 Å². The first-order chi connectivity index (χ1) is 17.9. The number of rotatable bonds is 3. The summed E-state index contributed by atoms with van der Waals surface area (Å²) in [5, 5.41) is 0. The first kappa shape index (κ1) is 26.2.